The van der Waals surface area contributed by atoms with E-state index in [1.54, 1.807) is 0 Å². The molecule has 1 fully saturated rings. The minimum Gasteiger partial charge on any atom is -0.370 e. The zero-order chi connectivity index (χ0) is 15.2. The molecule has 21 heavy (non-hydrogen) atoms. The van der Waals surface area contributed by atoms with Gasteiger partial charge in [0.1, 0.15) is 0 Å². The third-order valence-corrected chi connectivity index (χ3v) is 4.70. The van der Waals surface area contributed by atoms with Crippen LogP contribution >= 0.6 is 27.5 Å². The zero-order valence-electron chi connectivity index (χ0n) is 12.3. The van der Waals surface area contributed by atoms with Crippen LogP contribution in [0.2, 0.25) is 5.02 Å². The molecule has 1 aliphatic rings. The summed E-state index contributed by atoms with van der Waals surface area (Å²) in [4.78, 5) is 6.84. The Morgan fingerprint density at radius 3 is 3.10 bits per heavy atom. The number of guanidine groups is 1. The van der Waals surface area contributed by atoms with Crippen molar-refractivity contribution in [2.75, 3.05) is 19.6 Å². The van der Waals surface area contributed by atoms with Crippen molar-refractivity contribution in [1.82, 2.24) is 10.2 Å². The van der Waals surface area contributed by atoms with E-state index in [2.05, 4.69) is 38.1 Å². The van der Waals surface area contributed by atoms with Crippen molar-refractivity contribution in [1.29, 1.82) is 0 Å². The van der Waals surface area contributed by atoms with Gasteiger partial charge in [0, 0.05) is 22.1 Å². The van der Waals surface area contributed by atoms with Gasteiger partial charge in [0.05, 0.1) is 6.54 Å². The molecule has 1 aliphatic heterocycles. The van der Waals surface area contributed by atoms with Crippen LogP contribution in [0.3, 0.4) is 0 Å². The van der Waals surface area contributed by atoms with Gasteiger partial charge in [0.2, 0.25) is 0 Å². The number of nitrogens with one attached hydrogen (secondary N) is 1. The molecule has 1 unspecified atom stereocenters. The standard InChI is InChI=1S/C15H22BrClN4/c1-2-21-7-3-4-13(21)10-20-15(18)19-9-11-5-6-12(16)8-14(11)17/h5-6,8,13H,2-4,7,9-10H2,1H3,(H3,18,19,20). The summed E-state index contributed by atoms with van der Waals surface area (Å²) in [5, 5.41) is 3.93. The van der Waals surface area contributed by atoms with Crippen LogP contribution < -0.4 is 11.1 Å². The number of likely N-dealkylation sites (N-methyl/N-ethyl adjacent to an activating group) is 1. The number of likely N-dealkylation sites (tertiary alicyclic amines) is 1. The summed E-state index contributed by atoms with van der Waals surface area (Å²) in [6.45, 7) is 5.84. The molecule has 0 radical (unpaired) electrons. The first-order valence-electron chi connectivity index (χ1n) is 7.32. The SMILES string of the molecule is CCN1CCCC1CNC(N)=NCc1ccc(Br)cc1Cl. The van der Waals surface area contributed by atoms with Crippen molar-refractivity contribution in [3.05, 3.63) is 33.3 Å². The van der Waals surface area contributed by atoms with Gasteiger partial charge in [-0.05, 0) is 43.6 Å². The lowest BCUT2D eigenvalue weighted by Crippen LogP contribution is -2.42. The van der Waals surface area contributed by atoms with Crippen LogP contribution in [0.25, 0.3) is 0 Å². The second-order valence-corrected chi connectivity index (χ2v) is 6.57. The van der Waals surface area contributed by atoms with E-state index >= 15 is 0 Å². The molecule has 0 amide bonds. The third kappa shape index (κ3) is 4.87. The molecule has 2 rings (SSSR count). The Labute approximate surface area is 139 Å². The number of halogens is 2. The van der Waals surface area contributed by atoms with Crippen LogP contribution in [-0.4, -0.2) is 36.5 Å². The molecule has 1 atom stereocenters. The predicted octanol–water partition coefficient (Wildman–Crippen LogP) is 2.99. The van der Waals surface area contributed by atoms with Gasteiger partial charge in [-0.25, -0.2) is 4.99 Å². The van der Waals surface area contributed by atoms with Gasteiger partial charge < -0.3 is 11.1 Å². The van der Waals surface area contributed by atoms with Gasteiger partial charge in [0.15, 0.2) is 5.96 Å². The highest BCUT2D eigenvalue weighted by molar-refractivity contribution is 9.10. The highest BCUT2D eigenvalue weighted by Gasteiger charge is 2.22. The molecule has 0 aromatic heterocycles. The van der Waals surface area contributed by atoms with Crippen molar-refractivity contribution in [3.8, 4) is 0 Å². The highest BCUT2D eigenvalue weighted by atomic mass is 79.9. The number of benzene rings is 1. The van der Waals surface area contributed by atoms with Crippen molar-refractivity contribution < 1.29 is 0 Å². The fourth-order valence-electron chi connectivity index (χ4n) is 2.64. The van der Waals surface area contributed by atoms with Gasteiger partial charge in [0.25, 0.3) is 0 Å². The Kier molecular flexibility index (Phi) is 6.33. The number of nitrogens with zero attached hydrogens (tertiary/aromatic N) is 2. The molecule has 1 heterocycles. The number of hydrogen-bond donors (Lipinski definition) is 2. The summed E-state index contributed by atoms with van der Waals surface area (Å²) in [7, 11) is 0. The lowest BCUT2D eigenvalue weighted by molar-refractivity contribution is 0.267. The van der Waals surface area contributed by atoms with E-state index in [0.717, 1.165) is 23.1 Å². The van der Waals surface area contributed by atoms with E-state index in [-0.39, 0.29) is 0 Å². The quantitative estimate of drug-likeness (QED) is 0.616. The Bertz CT molecular complexity index is 506. The molecule has 3 N–H and O–H groups in total. The number of hydrogen-bond acceptors (Lipinski definition) is 2. The van der Waals surface area contributed by atoms with Crippen molar-refractivity contribution >= 4 is 33.5 Å². The molecule has 4 nitrogen and oxygen atoms in total. The molecule has 116 valence electrons. The fourth-order valence-corrected chi connectivity index (χ4v) is 3.37. The minimum absolute atomic E-state index is 0.483. The molecule has 1 aromatic rings. The van der Waals surface area contributed by atoms with Crippen LogP contribution in [-0.2, 0) is 6.54 Å². The normalized spacial score (nSPS) is 20.0. The van der Waals surface area contributed by atoms with E-state index in [1.807, 2.05) is 18.2 Å². The fraction of sp³-hybridized carbons (Fsp3) is 0.533. The second-order valence-electron chi connectivity index (χ2n) is 5.24. The summed E-state index contributed by atoms with van der Waals surface area (Å²) in [6.07, 6.45) is 2.50. The molecule has 1 saturated heterocycles. The van der Waals surface area contributed by atoms with Crippen molar-refractivity contribution in [2.24, 2.45) is 10.7 Å². The first-order chi connectivity index (χ1) is 10.1. The van der Waals surface area contributed by atoms with Crippen LogP contribution in [0, 0.1) is 0 Å². The van der Waals surface area contributed by atoms with E-state index in [0.29, 0.717) is 23.6 Å². The maximum absolute atomic E-state index is 6.16. The predicted molar refractivity (Wildman–Crippen MR) is 92.8 cm³/mol. The average Bonchev–Trinajstić information content (AvgIpc) is 2.91. The third-order valence-electron chi connectivity index (χ3n) is 3.86. The maximum Gasteiger partial charge on any atom is 0.188 e. The maximum atomic E-state index is 6.16. The monoisotopic (exact) mass is 372 g/mol. The molecular formula is C15H22BrClN4. The summed E-state index contributed by atoms with van der Waals surface area (Å²) < 4.78 is 0.965. The van der Waals surface area contributed by atoms with Crippen LogP contribution in [0.1, 0.15) is 25.3 Å². The second kappa shape index (κ2) is 8.01. The summed E-state index contributed by atoms with van der Waals surface area (Å²) in [5.74, 6) is 0.483. The number of nitrogens with two attached hydrogens (primary N) is 1. The number of aliphatic imine (C=N–C) groups is 1. The van der Waals surface area contributed by atoms with Crippen LogP contribution in [0.5, 0.6) is 0 Å². The molecular weight excluding hydrogens is 352 g/mol. The smallest absolute Gasteiger partial charge is 0.188 e. The van der Waals surface area contributed by atoms with Crippen molar-refractivity contribution in [2.45, 2.75) is 32.4 Å². The molecule has 6 heteroatoms. The molecule has 0 spiro atoms. The van der Waals surface area contributed by atoms with Gasteiger partial charge >= 0.3 is 0 Å². The highest BCUT2D eigenvalue weighted by Crippen LogP contribution is 2.21. The molecule has 0 aliphatic carbocycles. The van der Waals surface area contributed by atoms with Gasteiger partial charge in [-0.3, -0.25) is 4.90 Å². The zero-order valence-corrected chi connectivity index (χ0v) is 14.6. The lowest BCUT2D eigenvalue weighted by atomic mass is 10.2. The molecule has 0 saturated carbocycles. The van der Waals surface area contributed by atoms with E-state index in [4.69, 9.17) is 17.3 Å². The van der Waals surface area contributed by atoms with Gasteiger partial charge in [-0.15, -0.1) is 0 Å². The first-order valence-corrected chi connectivity index (χ1v) is 8.49. The Morgan fingerprint density at radius 2 is 2.38 bits per heavy atom. The summed E-state index contributed by atoms with van der Waals surface area (Å²) in [5.41, 5.74) is 6.91. The summed E-state index contributed by atoms with van der Waals surface area (Å²) >= 11 is 9.55. The Morgan fingerprint density at radius 1 is 1.57 bits per heavy atom. The van der Waals surface area contributed by atoms with Crippen LogP contribution in [0.4, 0.5) is 0 Å². The first kappa shape index (κ1) is 16.6. The lowest BCUT2D eigenvalue weighted by Gasteiger charge is -2.23. The molecule has 0 bridgehead atoms. The summed E-state index contributed by atoms with van der Waals surface area (Å²) in [6, 6.07) is 6.35. The van der Waals surface area contributed by atoms with Crippen molar-refractivity contribution in [3.63, 3.8) is 0 Å². The van der Waals surface area contributed by atoms with Gasteiger partial charge in [-0.1, -0.05) is 40.5 Å². The topological polar surface area (TPSA) is 53.6 Å². The largest absolute Gasteiger partial charge is 0.370 e. The van der Waals surface area contributed by atoms with Gasteiger partial charge in [-0.2, -0.15) is 0 Å². The van der Waals surface area contributed by atoms with E-state index < -0.39 is 0 Å². The Balaban J connectivity index is 1.84. The number of rotatable bonds is 5. The van der Waals surface area contributed by atoms with E-state index in [9.17, 15) is 0 Å². The minimum atomic E-state index is 0.483. The molecule has 1 aromatic carbocycles. The van der Waals surface area contributed by atoms with E-state index in [1.165, 1.54) is 19.4 Å². The van der Waals surface area contributed by atoms with Crippen LogP contribution in [0.15, 0.2) is 27.7 Å². The average molecular weight is 374 g/mol. The Hall–Kier alpha value is -0.780.